The maximum absolute atomic E-state index is 12.0. The molecule has 0 radical (unpaired) electrons. The fraction of sp³-hybridized carbons (Fsp3) is 0.926. The fourth-order valence-corrected chi connectivity index (χ4v) is 3.81. The van der Waals surface area contributed by atoms with E-state index in [0.29, 0.717) is 25.7 Å². The number of hydrogen-bond donors (Lipinski definition) is 1. The van der Waals surface area contributed by atoms with E-state index in [1.54, 1.807) is 0 Å². The number of aliphatic hydroxyl groups excluding tert-OH is 1. The van der Waals surface area contributed by atoms with Crippen LogP contribution in [0.15, 0.2) is 0 Å². The van der Waals surface area contributed by atoms with Gasteiger partial charge >= 0.3 is 11.9 Å². The van der Waals surface area contributed by atoms with Crippen molar-refractivity contribution in [3.8, 4) is 0 Å². The molecule has 0 aliphatic carbocycles. The summed E-state index contributed by atoms with van der Waals surface area (Å²) in [5.74, 6) is -0.701. The SMILES string of the molecule is CCCCCCCCCCCCCCCC(=O)O[C@@H](CO)COC(=O)CCCCCCCF. The number of unbranched alkanes of at least 4 members (excludes halogenated alkanes) is 16. The van der Waals surface area contributed by atoms with Gasteiger partial charge in [0.2, 0.25) is 0 Å². The smallest absolute Gasteiger partial charge is 0.306 e. The lowest BCUT2D eigenvalue weighted by atomic mass is 10.0. The summed E-state index contributed by atoms with van der Waals surface area (Å²) in [6, 6.07) is 0. The van der Waals surface area contributed by atoms with Crippen LogP contribution in [0.5, 0.6) is 0 Å². The van der Waals surface area contributed by atoms with Crippen LogP contribution in [-0.2, 0) is 19.1 Å². The average Bonchev–Trinajstić information content (AvgIpc) is 2.81. The number of alkyl halides is 1. The van der Waals surface area contributed by atoms with Crippen LogP contribution in [0.2, 0.25) is 0 Å². The zero-order valence-electron chi connectivity index (χ0n) is 21.3. The van der Waals surface area contributed by atoms with Gasteiger partial charge in [0.25, 0.3) is 0 Å². The van der Waals surface area contributed by atoms with Gasteiger partial charge in [-0.3, -0.25) is 14.0 Å². The van der Waals surface area contributed by atoms with E-state index in [1.165, 1.54) is 64.2 Å². The number of aliphatic hydroxyl groups is 1. The number of esters is 2. The Balaban J connectivity index is 3.56. The summed E-state index contributed by atoms with van der Waals surface area (Å²) in [5.41, 5.74) is 0. The van der Waals surface area contributed by atoms with E-state index < -0.39 is 6.10 Å². The van der Waals surface area contributed by atoms with Gasteiger partial charge in [-0.15, -0.1) is 0 Å². The van der Waals surface area contributed by atoms with E-state index in [2.05, 4.69) is 6.92 Å². The molecule has 0 unspecified atom stereocenters. The van der Waals surface area contributed by atoms with Crippen molar-refractivity contribution in [1.82, 2.24) is 0 Å². The van der Waals surface area contributed by atoms with Crippen LogP contribution in [0.3, 0.4) is 0 Å². The summed E-state index contributed by atoms with van der Waals surface area (Å²) in [5, 5.41) is 9.37. The number of carbonyl (C=O) groups is 2. The van der Waals surface area contributed by atoms with Gasteiger partial charge in [0.05, 0.1) is 13.3 Å². The molecular weight excluding hydrogens is 423 g/mol. The molecule has 0 rings (SSSR count). The first-order valence-corrected chi connectivity index (χ1v) is 13.7. The third kappa shape index (κ3) is 23.8. The van der Waals surface area contributed by atoms with Crippen LogP contribution in [-0.4, -0.2) is 43.0 Å². The van der Waals surface area contributed by atoms with Gasteiger partial charge < -0.3 is 14.6 Å². The second kappa shape index (κ2) is 25.5. The molecule has 0 heterocycles. The normalized spacial score (nSPS) is 12.0. The Hall–Kier alpha value is -1.17. The van der Waals surface area contributed by atoms with Crippen molar-refractivity contribution >= 4 is 11.9 Å². The highest BCUT2D eigenvalue weighted by atomic mass is 19.1. The van der Waals surface area contributed by atoms with E-state index in [4.69, 9.17) is 9.47 Å². The Kier molecular flexibility index (Phi) is 24.6. The van der Waals surface area contributed by atoms with Crippen LogP contribution in [0.1, 0.15) is 135 Å². The molecule has 0 aliphatic heterocycles. The van der Waals surface area contributed by atoms with Gasteiger partial charge in [-0.1, -0.05) is 103 Å². The maximum atomic E-state index is 12.0. The van der Waals surface area contributed by atoms with Gasteiger partial charge in [0.1, 0.15) is 6.61 Å². The van der Waals surface area contributed by atoms with Gasteiger partial charge in [-0.2, -0.15) is 0 Å². The fourth-order valence-electron chi connectivity index (χ4n) is 3.81. The van der Waals surface area contributed by atoms with Crippen LogP contribution >= 0.6 is 0 Å². The largest absolute Gasteiger partial charge is 0.462 e. The Morgan fingerprint density at radius 2 is 1.09 bits per heavy atom. The Morgan fingerprint density at radius 1 is 0.667 bits per heavy atom. The predicted molar refractivity (Wildman–Crippen MR) is 132 cm³/mol. The standard InChI is InChI=1S/C27H51FO5/c1-2-3-4-5-6-7-8-9-10-11-12-14-18-21-27(31)33-25(23-29)24-32-26(30)20-17-15-13-16-19-22-28/h25,29H,2-24H2,1H3/t25-/m0/s1. The molecule has 0 aliphatic rings. The van der Waals surface area contributed by atoms with Gasteiger partial charge in [0.15, 0.2) is 6.10 Å². The van der Waals surface area contributed by atoms with E-state index in [-0.39, 0.29) is 31.8 Å². The molecule has 0 aromatic heterocycles. The van der Waals surface area contributed by atoms with E-state index in [1.807, 2.05) is 0 Å². The number of halogens is 1. The Labute approximate surface area is 202 Å². The van der Waals surface area contributed by atoms with Crippen molar-refractivity contribution < 1.29 is 28.6 Å². The molecular formula is C27H51FO5. The monoisotopic (exact) mass is 474 g/mol. The molecule has 5 nitrogen and oxygen atoms in total. The van der Waals surface area contributed by atoms with Gasteiger partial charge in [-0.05, 0) is 19.3 Å². The molecule has 0 aromatic rings. The third-order valence-corrected chi connectivity index (χ3v) is 5.93. The zero-order valence-corrected chi connectivity index (χ0v) is 21.3. The van der Waals surface area contributed by atoms with E-state index in [9.17, 15) is 19.1 Å². The van der Waals surface area contributed by atoms with Crippen molar-refractivity contribution in [3.05, 3.63) is 0 Å². The molecule has 33 heavy (non-hydrogen) atoms. The average molecular weight is 475 g/mol. The Bertz CT molecular complexity index is 444. The highest BCUT2D eigenvalue weighted by Crippen LogP contribution is 2.13. The summed E-state index contributed by atoms with van der Waals surface area (Å²) in [4.78, 5) is 23.7. The third-order valence-electron chi connectivity index (χ3n) is 5.93. The summed E-state index contributed by atoms with van der Waals surface area (Å²) in [6.45, 7) is 1.49. The number of rotatable bonds is 25. The molecule has 0 saturated heterocycles. The first-order valence-electron chi connectivity index (χ1n) is 13.7. The highest BCUT2D eigenvalue weighted by molar-refractivity contribution is 5.70. The van der Waals surface area contributed by atoms with Crippen LogP contribution in [0, 0.1) is 0 Å². The van der Waals surface area contributed by atoms with Crippen LogP contribution < -0.4 is 0 Å². The predicted octanol–water partition coefficient (Wildman–Crippen LogP) is 7.23. The summed E-state index contributed by atoms with van der Waals surface area (Å²) >= 11 is 0. The minimum atomic E-state index is -0.798. The van der Waals surface area contributed by atoms with Crippen LogP contribution in [0.4, 0.5) is 4.39 Å². The Morgan fingerprint density at radius 3 is 1.55 bits per heavy atom. The highest BCUT2D eigenvalue weighted by Gasteiger charge is 2.16. The molecule has 0 aromatic carbocycles. The molecule has 0 bridgehead atoms. The van der Waals surface area contributed by atoms with Gasteiger partial charge in [0, 0.05) is 12.8 Å². The second-order valence-electron chi connectivity index (χ2n) is 9.18. The number of ether oxygens (including phenoxy) is 2. The zero-order chi connectivity index (χ0) is 24.4. The van der Waals surface area contributed by atoms with E-state index in [0.717, 1.165) is 38.5 Å². The summed E-state index contributed by atoms with van der Waals surface area (Å²) in [6.07, 6.45) is 20.0. The molecule has 0 amide bonds. The van der Waals surface area contributed by atoms with Crippen molar-refractivity contribution in [2.45, 2.75) is 141 Å². The van der Waals surface area contributed by atoms with Crippen molar-refractivity contribution in [2.75, 3.05) is 19.9 Å². The molecule has 0 fully saturated rings. The minimum absolute atomic E-state index is 0.110. The number of hydrogen-bond acceptors (Lipinski definition) is 5. The quantitative estimate of drug-likeness (QED) is 0.112. The van der Waals surface area contributed by atoms with Crippen molar-refractivity contribution in [2.24, 2.45) is 0 Å². The van der Waals surface area contributed by atoms with E-state index >= 15 is 0 Å². The molecule has 6 heteroatoms. The van der Waals surface area contributed by atoms with Crippen LogP contribution in [0.25, 0.3) is 0 Å². The van der Waals surface area contributed by atoms with Gasteiger partial charge in [-0.25, -0.2) is 0 Å². The first-order chi connectivity index (χ1) is 16.1. The molecule has 0 saturated carbocycles. The summed E-state index contributed by atoms with van der Waals surface area (Å²) in [7, 11) is 0. The molecule has 1 N–H and O–H groups in total. The lowest BCUT2D eigenvalue weighted by molar-refractivity contribution is -0.161. The second-order valence-corrected chi connectivity index (χ2v) is 9.18. The lowest BCUT2D eigenvalue weighted by Crippen LogP contribution is -2.28. The summed E-state index contributed by atoms with van der Waals surface area (Å²) < 4.78 is 22.3. The van der Waals surface area contributed by atoms with Crippen molar-refractivity contribution in [3.63, 3.8) is 0 Å². The molecule has 1 atom stereocenters. The number of carbonyl (C=O) groups excluding carboxylic acids is 2. The topological polar surface area (TPSA) is 72.8 Å². The molecule has 196 valence electrons. The maximum Gasteiger partial charge on any atom is 0.306 e. The lowest BCUT2D eigenvalue weighted by Gasteiger charge is -2.15. The first kappa shape index (κ1) is 31.8. The minimum Gasteiger partial charge on any atom is -0.462 e. The van der Waals surface area contributed by atoms with Crippen molar-refractivity contribution in [1.29, 1.82) is 0 Å². The molecule has 0 spiro atoms.